The molecule has 3 aromatic carbocycles. The van der Waals surface area contributed by atoms with E-state index < -0.39 is 51.1 Å². The van der Waals surface area contributed by atoms with Crippen LogP contribution >= 0.6 is 55.1 Å². The maximum atomic E-state index is 14.3. The van der Waals surface area contributed by atoms with Crippen molar-refractivity contribution < 1.29 is 29.0 Å². The van der Waals surface area contributed by atoms with Gasteiger partial charge in [-0.15, -0.1) is 23.2 Å². The summed E-state index contributed by atoms with van der Waals surface area (Å²) in [7, 11) is 2.72. The summed E-state index contributed by atoms with van der Waals surface area (Å²) in [6.45, 7) is 0. The van der Waals surface area contributed by atoms with Crippen LogP contribution in [0.4, 0.5) is 17.1 Å². The van der Waals surface area contributed by atoms with E-state index in [0.29, 0.717) is 21.3 Å². The topological polar surface area (TPSA) is 116 Å². The third-order valence-electron chi connectivity index (χ3n) is 9.91. The molecule has 9 nitrogen and oxygen atoms in total. The Morgan fingerprint density at radius 1 is 0.915 bits per heavy atom. The van der Waals surface area contributed by atoms with Crippen molar-refractivity contribution in [3.63, 3.8) is 0 Å². The fourth-order valence-corrected chi connectivity index (χ4v) is 9.67. The number of aromatic hydroxyl groups is 1. The molecule has 6 unspecified atom stereocenters. The number of carbonyl (C=O) groups excluding carboxylic acids is 4. The summed E-state index contributed by atoms with van der Waals surface area (Å²) >= 11 is 21.5. The third kappa shape index (κ3) is 4.46. The highest BCUT2D eigenvalue weighted by molar-refractivity contribution is 9.13. The minimum atomic E-state index is -1.98. The van der Waals surface area contributed by atoms with E-state index in [0.717, 1.165) is 16.3 Å². The lowest BCUT2D eigenvalue weighted by Gasteiger charge is -2.51. The third-order valence-corrected chi connectivity index (χ3v) is 13.5. The van der Waals surface area contributed by atoms with Gasteiger partial charge in [-0.2, -0.15) is 0 Å². The Kier molecular flexibility index (Phi) is 7.78. The molecule has 47 heavy (non-hydrogen) atoms. The van der Waals surface area contributed by atoms with Crippen LogP contribution in [-0.4, -0.2) is 57.5 Å². The number of amides is 4. The number of phenols is 1. The van der Waals surface area contributed by atoms with E-state index in [9.17, 15) is 24.3 Å². The van der Waals surface area contributed by atoms with Crippen LogP contribution in [0.2, 0.25) is 0 Å². The average Bonchev–Trinajstić information content (AvgIpc) is 3.40. The molecule has 0 bridgehead atoms. The number of ether oxygens (including phenoxy) is 1. The monoisotopic (exact) mass is 801 g/mol. The Morgan fingerprint density at radius 3 is 2.23 bits per heavy atom. The quantitative estimate of drug-likeness (QED) is 0.165. The summed E-state index contributed by atoms with van der Waals surface area (Å²) in [5.74, 6) is -5.47. The number of fused-ring (bicyclic) bond motifs is 4. The normalized spacial score (nSPS) is 29.8. The predicted octanol–water partition coefficient (Wildman–Crippen LogP) is 6.86. The number of hydrogen-bond acceptors (Lipinski definition) is 7. The molecule has 4 aliphatic rings. The molecule has 0 radical (unpaired) electrons. The van der Waals surface area contributed by atoms with E-state index in [1.54, 1.807) is 30.3 Å². The van der Waals surface area contributed by atoms with Crippen LogP contribution in [0.5, 0.6) is 11.5 Å². The van der Waals surface area contributed by atoms with Crippen molar-refractivity contribution in [2.75, 3.05) is 24.4 Å². The molecule has 1 saturated carbocycles. The summed E-state index contributed by atoms with van der Waals surface area (Å²) in [6.07, 6.45) is 1.95. The van der Waals surface area contributed by atoms with Crippen molar-refractivity contribution in [2.24, 2.45) is 17.8 Å². The molecule has 2 heterocycles. The molecule has 242 valence electrons. The standard InChI is InChI=1S/C34H27Br2Cl2N3O6/c1-40-31(45)33(37)15-22-19(25(34(33,38)32(40)46)21-14-23(47-2)28(42)27(36)26(21)35)12-13-20-24(22)30(44)41(29(20)43)18-10-8-17(9-11-18)39-16-6-4-3-5-7-16/h3-12,14,20,22,24-25,39,42H,13,15H2,1-2H3. The lowest BCUT2D eigenvalue weighted by molar-refractivity contribution is -0.138. The zero-order valence-electron chi connectivity index (χ0n) is 25.0. The lowest BCUT2D eigenvalue weighted by Crippen LogP contribution is -2.60. The van der Waals surface area contributed by atoms with E-state index in [1.807, 2.05) is 36.4 Å². The highest BCUT2D eigenvalue weighted by atomic mass is 79.9. The van der Waals surface area contributed by atoms with Crippen LogP contribution < -0.4 is 15.0 Å². The predicted molar refractivity (Wildman–Crippen MR) is 184 cm³/mol. The fourth-order valence-electron chi connectivity index (χ4n) is 7.70. The minimum Gasteiger partial charge on any atom is -0.503 e. The molecule has 0 spiro atoms. The van der Waals surface area contributed by atoms with Crippen molar-refractivity contribution in [2.45, 2.75) is 28.5 Å². The van der Waals surface area contributed by atoms with Gasteiger partial charge in [-0.05, 0) is 98.6 Å². The number of para-hydroxylation sites is 1. The average molecular weight is 804 g/mol. The number of anilines is 3. The van der Waals surface area contributed by atoms with E-state index in [4.69, 9.17) is 27.9 Å². The Morgan fingerprint density at radius 2 is 1.57 bits per heavy atom. The van der Waals surface area contributed by atoms with Crippen LogP contribution in [0, 0.1) is 17.8 Å². The number of allylic oxidation sites excluding steroid dienone is 2. The van der Waals surface area contributed by atoms with Gasteiger partial charge in [0.2, 0.25) is 11.8 Å². The SMILES string of the molecule is COc1cc(C2C3=CCC4C(=O)N(c5ccc(Nc6ccccc6)cc5)C(=O)C4C3CC3(Cl)C(=O)N(C)C(=O)C23Cl)c(Br)c(Br)c1O. The molecular formula is C34H27Br2Cl2N3O6. The number of likely N-dealkylation sites (tertiary alicyclic amines) is 1. The summed E-state index contributed by atoms with van der Waals surface area (Å²) in [4.78, 5) is 54.1. The molecule has 2 N–H and O–H groups in total. The van der Waals surface area contributed by atoms with Gasteiger partial charge in [-0.3, -0.25) is 29.0 Å². The first-order valence-electron chi connectivity index (χ1n) is 14.8. The lowest BCUT2D eigenvalue weighted by atomic mass is 9.56. The first-order valence-corrected chi connectivity index (χ1v) is 17.1. The molecule has 13 heteroatoms. The van der Waals surface area contributed by atoms with Gasteiger partial charge in [-0.25, -0.2) is 0 Å². The number of imide groups is 2. The van der Waals surface area contributed by atoms with Crippen molar-refractivity contribution in [1.82, 2.24) is 4.90 Å². The van der Waals surface area contributed by atoms with Gasteiger partial charge in [0.1, 0.15) is 0 Å². The number of carbonyl (C=O) groups is 4. The first-order chi connectivity index (χ1) is 22.3. The molecule has 6 atom stereocenters. The Labute approximate surface area is 297 Å². The number of alkyl halides is 2. The van der Waals surface area contributed by atoms with Gasteiger partial charge >= 0.3 is 0 Å². The summed E-state index contributed by atoms with van der Waals surface area (Å²) in [6, 6.07) is 18.2. The van der Waals surface area contributed by atoms with Crippen molar-refractivity contribution >= 4 is 95.8 Å². The van der Waals surface area contributed by atoms with Crippen LogP contribution in [0.1, 0.15) is 24.3 Å². The van der Waals surface area contributed by atoms with E-state index >= 15 is 0 Å². The zero-order chi connectivity index (χ0) is 33.6. The van der Waals surface area contributed by atoms with E-state index in [1.165, 1.54) is 19.1 Å². The fraction of sp³-hybridized carbons (Fsp3) is 0.294. The molecule has 3 aromatic rings. The molecule has 2 aliphatic heterocycles. The Bertz CT molecular complexity index is 1910. The van der Waals surface area contributed by atoms with E-state index in [-0.39, 0.29) is 34.7 Å². The van der Waals surface area contributed by atoms with Gasteiger partial charge in [-0.1, -0.05) is 29.8 Å². The molecule has 4 amide bonds. The molecular weight excluding hydrogens is 777 g/mol. The minimum absolute atomic E-state index is 0.0977. The summed E-state index contributed by atoms with van der Waals surface area (Å²) < 4.78 is 6.04. The largest absolute Gasteiger partial charge is 0.503 e. The van der Waals surface area contributed by atoms with Gasteiger partial charge in [0, 0.05) is 28.8 Å². The summed E-state index contributed by atoms with van der Waals surface area (Å²) in [5.41, 5.74) is 3.15. The highest BCUT2D eigenvalue weighted by Gasteiger charge is 2.76. The van der Waals surface area contributed by atoms with Crippen LogP contribution in [-0.2, 0) is 19.2 Å². The molecule has 3 fully saturated rings. The second kappa shape index (κ2) is 11.4. The second-order valence-corrected chi connectivity index (χ2v) is 15.0. The van der Waals surface area contributed by atoms with Crippen molar-refractivity contribution in [3.8, 4) is 11.5 Å². The molecule has 0 aromatic heterocycles. The van der Waals surface area contributed by atoms with Crippen LogP contribution in [0.15, 0.2) is 81.3 Å². The number of nitrogens with zero attached hydrogens (tertiary/aromatic N) is 2. The summed E-state index contributed by atoms with van der Waals surface area (Å²) in [5, 5.41) is 14.0. The van der Waals surface area contributed by atoms with Gasteiger partial charge < -0.3 is 15.2 Å². The number of phenolic OH excluding ortho intramolecular Hbond substituents is 1. The molecule has 7 rings (SSSR count). The van der Waals surface area contributed by atoms with Crippen LogP contribution in [0.25, 0.3) is 0 Å². The number of halogens is 4. The van der Waals surface area contributed by atoms with E-state index in [2.05, 4.69) is 37.2 Å². The van der Waals surface area contributed by atoms with Gasteiger partial charge in [0.05, 0.1) is 29.1 Å². The van der Waals surface area contributed by atoms with Gasteiger partial charge in [0.15, 0.2) is 21.2 Å². The Hall–Kier alpha value is -3.38. The van der Waals surface area contributed by atoms with Crippen molar-refractivity contribution in [3.05, 3.63) is 86.8 Å². The van der Waals surface area contributed by atoms with Gasteiger partial charge in [0.25, 0.3) is 11.8 Å². The second-order valence-electron chi connectivity index (χ2n) is 12.2. The number of hydrogen-bond donors (Lipinski definition) is 2. The maximum Gasteiger partial charge on any atom is 0.253 e. The van der Waals surface area contributed by atoms with Crippen LogP contribution in [0.3, 0.4) is 0 Å². The first kappa shape index (κ1) is 32.2. The molecule has 2 aliphatic carbocycles. The zero-order valence-corrected chi connectivity index (χ0v) is 29.7. The Balaban J connectivity index is 1.31. The van der Waals surface area contributed by atoms with Crippen molar-refractivity contribution in [1.29, 1.82) is 0 Å². The highest BCUT2D eigenvalue weighted by Crippen LogP contribution is 2.66. The maximum absolute atomic E-state index is 14.3. The smallest absolute Gasteiger partial charge is 0.253 e. The molecule has 2 saturated heterocycles. The number of benzene rings is 3. The number of rotatable bonds is 5. The number of nitrogens with one attached hydrogen (secondary N) is 1. The number of methoxy groups -OCH3 is 1.